The highest BCUT2D eigenvalue weighted by molar-refractivity contribution is 5.90. The van der Waals surface area contributed by atoms with Crippen LogP contribution in [-0.2, 0) is 0 Å². The summed E-state index contributed by atoms with van der Waals surface area (Å²) < 4.78 is 5.62. The van der Waals surface area contributed by atoms with Crippen LogP contribution in [-0.4, -0.2) is 17.7 Å². The monoisotopic (exact) mass is 222 g/mol. The molecule has 0 aromatic heterocycles. The van der Waals surface area contributed by atoms with E-state index in [9.17, 15) is 4.79 Å². The van der Waals surface area contributed by atoms with Crippen LogP contribution in [0.2, 0.25) is 0 Å². The third-order valence-electron chi connectivity index (χ3n) is 2.73. The number of benzene rings is 1. The summed E-state index contributed by atoms with van der Waals surface area (Å²) in [7, 11) is 0. The van der Waals surface area contributed by atoms with Gasteiger partial charge in [0.15, 0.2) is 0 Å². The molecule has 1 atom stereocenters. The van der Waals surface area contributed by atoms with Gasteiger partial charge in [0.25, 0.3) is 0 Å². The van der Waals surface area contributed by atoms with Crippen molar-refractivity contribution in [3.8, 4) is 5.75 Å². The number of carbonyl (C=O) groups is 1. The van der Waals surface area contributed by atoms with Crippen molar-refractivity contribution in [2.45, 2.75) is 27.2 Å². The molecule has 3 nitrogen and oxygen atoms in total. The van der Waals surface area contributed by atoms with Gasteiger partial charge in [0.2, 0.25) is 0 Å². The molecule has 0 saturated carbocycles. The standard InChI is InChI=1S/C13H18O3/c1-4-9(2)8-16-12-7-5-6-11(10(12)3)13(14)15/h5-7,9H,4,8H2,1-3H3,(H,14,15). The predicted molar refractivity (Wildman–Crippen MR) is 63.1 cm³/mol. The Kier molecular flexibility index (Phi) is 4.35. The van der Waals surface area contributed by atoms with Crippen LogP contribution in [0.5, 0.6) is 5.75 Å². The minimum atomic E-state index is -0.911. The van der Waals surface area contributed by atoms with Crippen molar-refractivity contribution in [3.63, 3.8) is 0 Å². The highest BCUT2D eigenvalue weighted by Gasteiger charge is 2.11. The number of ether oxygens (including phenoxy) is 1. The van der Waals surface area contributed by atoms with Crippen LogP contribution in [0.1, 0.15) is 36.2 Å². The van der Waals surface area contributed by atoms with Crippen molar-refractivity contribution in [3.05, 3.63) is 29.3 Å². The fourth-order valence-corrected chi connectivity index (χ4v) is 1.35. The Hall–Kier alpha value is -1.51. The molecule has 0 fully saturated rings. The zero-order valence-corrected chi connectivity index (χ0v) is 9.99. The quantitative estimate of drug-likeness (QED) is 0.832. The van der Waals surface area contributed by atoms with E-state index in [1.165, 1.54) is 0 Å². The Balaban J connectivity index is 2.81. The van der Waals surface area contributed by atoms with Gasteiger partial charge in [0.05, 0.1) is 12.2 Å². The lowest BCUT2D eigenvalue weighted by Crippen LogP contribution is -2.09. The van der Waals surface area contributed by atoms with Crippen LogP contribution in [0.15, 0.2) is 18.2 Å². The molecule has 16 heavy (non-hydrogen) atoms. The first-order valence-corrected chi connectivity index (χ1v) is 5.52. The van der Waals surface area contributed by atoms with E-state index < -0.39 is 5.97 Å². The molecule has 0 bridgehead atoms. The SMILES string of the molecule is CCC(C)COc1cccc(C(=O)O)c1C. The Morgan fingerprint density at radius 1 is 1.50 bits per heavy atom. The molecule has 88 valence electrons. The predicted octanol–water partition coefficient (Wildman–Crippen LogP) is 3.12. The van der Waals surface area contributed by atoms with Gasteiger partial charge in [-0.3, -0.25) is 0 Å². The molecule has 1 rings (SSSR count). The third-order valence-corrected chi connectivity index (χ3v) is 2.73. The zero-order valence-electron chi connectivity index (χ0n) is 9.99. The van der Waals surface area contributed by atoms with E-state index in [1.54, 1.807) is 19.1 Å². The first-order valence-electron chi connectivity index (χ1n) is 5.52. The maximum absolute atomic E-state index is 10.9. The third kappa shape index (κ3) is 2.99. The van der Waals surface area contributed by atoms with E-state index in [0.717, 1.165) is 6.42 Å². The maximum Gasteiger partial charge on any atom is 0.336 e. The van der Waals surface area contributed by atoms with Crippen LogP contribution in [0.3, 0.4) is 0 Å². The van der Waals surface area contributed by atoms with Crippen LogP contribution >= 0.6 is 0 Å². The normalized spacial score (nSPS) is 12.2. The van der Waals surface area contributed by atoms with Crippen LogP contribution < -0.4 is 4.74 Å². The lowest BCUT2D eigenvalue weighted by Gasteiger charge is -2.13. The number of aromatic carboxylic acids is 1. The lowest BCUT2D eigenvalue weighted by atomic mass is 10.1. The Morgan fingerprint density at radius 3 is 2.75 bits per heavy atom. The second kappa shape index (κ2) is 5.54. The van der Waals surface area contributed by atoms with Gasteiger partial charge in [0, 0.05) is 5.56 Å². The molecule has 3 heteroatoms. The molecule has 0 amide bonds. The fraction of sp³-hybridized carbons (Fsp3) is 0.462. The lowest BCUT2D eigenvalue weighted by molar-refractivity contribution is 0.0695. The molecule has 0 aliphatic carbocycles. The average Bonchev–Trinajstić information content (AvgIpc) is 2.26. The van der Waals surface area contributed by atoms with Crippen LogP contribution in [0.25, 0.3) is 0 Å². The van der Waals surface area contributed by atoms with E-state index in [0.29, 0.717) is 29.4 Å². The molecule has 0 aliphatic rings. The van der Waals surface area contributed by atoms with Gasteiger partial charge in [-0.1, -0.05) is 26.3 Å². The number of rotatable bonds is 5. The van der Waals surface area contributed by atoms with Crippen molar-refractivity contribution < 1.29 is 14.6 Å². The summed E-state index contributed by atoms with van der Waals surface area (Å²) in [5, 5.41) is 8.96. The van der Waals surface area contributed by atoms with Crippen molar-refractivity contribution in [2.24, 2.45) is 5.92 Å². The average molecular weight is 222 g/mol. The largest absolute Gasteiger partial charge is 0.493 e. The van der Waals surface area contributed by atoms with E-state index in [1.807, 2.05) is 6.07 Å². The number of carboxylic acids is 1. The number of hydrogen-bond acceptors (Lipinski definition) is 2. The van der Waals surface area contributed by atoms with Gasteiger partial charge >= 0.3 is 5.97 Å². The molecule has 0 spiro atoms. The molecule has 1 unspecified atom stereocenters. The molecule has 0 radical (unpaired) electrons. The zero-order chi connectivity index (χ0) is 12.1. The Morgan fingerprint density at radius 2 is 2.19 bits per heavy atom. The molecular formula is C13H18O3. The van der Waals surface area contributed by atoms with Crippen molar-refractivity contribution in [1.29, 1.82) is 0 Å². The van der Waals surface area contributed by atoms with Gasteiger partial charge in [-0.25, -0.2) is 4.79 Å². The van der Waals surface area contributed by atoms with Gasteiger partial charge < -0.3 is 9.84 Å². The van der Waals surface area contributed by atoms with E-state index in [-0.39, 0.29) is 0 Å². The smallest absolute Gasteiger partial charge is 0.336 e. The summed E-state index contributed by atoms with van der Waals surface area (Å²) in [4.78, 5) is 10.9. The summed E-state index contributed by atoms with van der Waals surface area (Å²) in [5.74, 6) is 0.236. The molecule has 1 N–H and O–H groups in total. The van der Waals surface area contributed by atoms with Crippen molar-refractivity contribution in [2.75, 3.05) is 6.61 Å². The van der Waals surface area contributed by atoms with E-state index >= 15 is 0 Å². The second-order valence-electron chi connectivity index (χ2n) is 4.06. The highest BCUT2D eigenvalue weighted by Crippen LogP contribution is 2.22. The number of hydrogen-bond donors (Lipinski definition) is 1. The minimum Gasteiger partial charge on any atom is -0.493 e. The van der Waals surface area contributed by atoms with Crippen LogP contribution in [0.4, 0.5) is 0 Å². The van der Waals surface area contributed by atoms with E-state index in [2.05, 4.69) is 13.8 Å². The first-order chi connectivity index (χ1) is 7.56. The van der Waals surface area contributed by atoms with Crippen molar-refractivity contribution in [1.82, 2.24) is 0 Å². The molecule has 1 aromatic carbocycles. The Labute approximate surface area is 96.1 Å². The summed E-state index contributed by atoms with van der Waals surface area (Å²) in [6.07, 6.45) is 1.05. The number of carboxylic acid groups (broad SMARTS) is 1. The summed E-state index contributed by atoms with van der Waals surface area (Å²) >= 11 is 0. The molecule has 1 aromatic rings. The van der Waals surface area contributed by atoms with Crippen LogP contribution in [0, 0.1) is 12.8 Å². The summed E-state index contributed by atoms with van der Waals surface area (Å²) in [6.45, 7) is 6.61. The Bertz CT molecular complexity index is 371. The summed E-state index contributed by atoms with van der Waals surface area (Å²) in [5.41, 5.74) is 1.000. The highest BCUT2D eigenvalue weighted by atomic mass is 16.5. The fourth-order valence-electron chi connectivity index (χ4n) is 1.35. The molecule has 0 saturated heterocycles. The topological polar surface area (TPSA) is 46.5 Å². The van der Waals surface area contributed by atoms with Gasteiger partial charge in [-0.15, -0.1) is 0 Å². The molecule has 0 aliphatic heterocycles. The minimum absolute atomic E-state index is 0.307. The molecular weight excluding hydrogens is 204 g/mol. The summed E-state index contributed by atoms with van der Waals surface area (Å²) in [6, 6.07) is 5.11. The maximum atomic E-state index is 10.9. The van der Waals surface area contributed by atoms with Gasteiger partial charge in [-0.05, 0) is 25.0 Å². The second-order valence-corrected chi connectivity index (χ2v) is 4.06. The van der Waals surface area contributed by atoms with Gasteiger partial charge in [-0.2, -0.15) is 0 Å². The van der Waals surface area contributed by atoms with Crippen molar-refractivity contribution >= 4 is 5.97 Å². The van der Waals surface area contributed by atoms with Gasteiger partial charge in [0.1, 0.15) is 5.75 Å². The first kappa shape index (κ1) is 12.6. The van der Waals surface area contributed by atoms with E-state index in [4.69, 9.17) is 9.84 Å². The molecule has 0 heterocycles.